The largest absolute Gasteiger partial charge is 0.498 e. The van der Waals surface area contributed by atoms with Crippen LogP contribution in [0.3, 0.4) is 0 Å². The summed E-state index contributed by atoms with van der Waals surface area (Å²) in [6.45, 7) is 28.4. The summed E-state index contributed by atoms with van der Waals surface area (Å²) in [4.78, 5) is 0. The number of benzene rings is 2. The molecule has 68 heavy (non-hydrogen) atoms. The highest BCUT2D eigenvalue weighted by molar-refractivity contribution is 6.63. The van der Waals surface area contributed by atoms with Crippen molar-refractivity contribution in [1.29, 1.82) is 0 Å². The smallest absolute Gasteiger partial charge is 0.494 e. The number of ether oxygens (including phenoxy) is 4. The topological polar surface area (TPSA) is 73.8 Å². The first-order valence-corrected chi connectivity index (χ1v) is 27.9. The molecule has 384 valence electrons. The summed E-state index contributed by atoms with van der Waals surface area (Å²) < 4.78 is 53.7. The van der Waals surface area contributed by atoms with E-state index in [9.17, 15) is 0 Å². The van der Waals surface area contributed by atoms with Crippen LogP contribution in [-0.2, 0) is 18.6 Å². The number of hydrogen-bond donors (Lipinski definition) is 0. The predicted octanol–water partition coefficient (Wildman–Crippen LogP) is 15.4. The third kappa shape index (κ3) is 18.2. The average Bonchev–Trinajstić information content (AvgIpc) is 3.66. The Labute approximate surface area is 417 Å². The quantitative estimate of drug-likeness (QED) is 0.0380. The van der Waals surface area contributed by atoms with Crippen molar-refractivity contribution in [2.75, 3.05) is 26.4 Å². The molecule has 0 atom stereocenters. The van der Waals surface area contributed by atoms with Gasteiger partial charge in [-0.2, -0.15) is 0 Å². The number of unbranched alkanes of at least 4 members (excludes halogenated alkanes) is 20. The summed E-state index contributed by atoms with van der Waals surface area (Å²) in [5.41, 5.74) is 1.59. The van der Waals surface area contributed by atoms with Crippen LogP contribution in [0.5, 0.6) is 23.0 Å². The van der Waals surface area contributed by atoms with E-state index in [1.54, 1.807) is 0 Å². The normalized spacial score (nSPS) is 17.1. The molecule has 0 spiro atoms. The summed E-state index contributed by atoms with van der Waals surface area (Å²) in [5.74, 6) is 3.10. The van der Waals surface area contributed by atoms with Crippen molar-refractivity contribution in [3.63, 3.8) is 0 Å². The van der Waals surface area contributed by atoms with Gasteiger partial charge in [-0.15, -0.1) is 0 Å². The minimum absolute atomic E-state index is 0.501. The van der Waals surface area contributed by atoms with Gasteiger partial charge in [0.1, 0.15) is 23.0 Å². The van der Waals surface area contributed by atoms with Crippen LogP contribution >= 0.6 is 0 Å². The molecule has 0 bridgehead atoms. The van der Waals surface area contributed by atoms with E-state index in [1.165, 1.54) is 103 Å². The summed E-state index contributed by atoms with van der Waals surface area (Å²) >= 11 is 0. The van der Waals surface area contributed by atoms with Gasteiger partial charge in [0.25, 0.3) is 0 Å². The standard InChI is InChI=1S/C58H98B2O8/c1-13-17-21-25-29-33-39-61-51-45-49(59-65-55(5,6)56(7,8)66-59)53(63-41-35-31-27-23-19-15-3)43-47(51)37-38-48-44-54(64-42-36-32-28-24-20-16-4)50(60-67-57(9,10)58(11,12)68-60)46-52(48)62-40-34-30-26-22-18-14-2/h37-38,43-46H,13-36,39-42H2,1-12H3/b38-37+. The molecular weight excluding hydrogens is 846 g/mol. The Kier molecular flexibility index (Phi) is 25.2. The van der Waals surface area contributed by atoms with E-state index in [0.717, 1.165) is 96.4 Å². The van der Waals surface area contributed by atoms with Crippen molar-refractivity contribution in [1.82, 2.24) is 0 Å². The Morgan fingerprint density at radius 2 is 0.574 bits per heavy atom. The molecule has 2 aliphatic rings. The second-order valence-corrected chi connectivity index (χ2v) is 21.8. The first kappa shape index (κ1) is 57.9. The highest BCUT2D eigenvalue weighted by Crippen LogP contribution is 2.40. The molecule has 2 aliphatic heterocycles. The Balaban J connectivity index is 1.78. The molecule has 2 heterocycles. The monoisotopic (exact) mass is 945 g/mol. The molecular formula is C58H98B2O8. The van der Waals surface area contributed by atoms with Crippen molar-refractivity contribution in [2.45, 2.75) is 260 Å². The second kappa shape index (κ2) is 29.6. The molecule has 8 nitrogen and oxygen atoms in total. The van der Waals surface area contributed by atoms with E-state index in [2.05, 4.69) is 120 Å². The fourth-order valence-electron chi connectivity index (χ4n) is 8.69. The predicted molar refractivity (Wildman–Crippen MR) is 289 cm³/mol. The molecule has 0 saturated carbocycles. The van der Waals surface area contributed by atoms with E-state index in [0.29, 0.717) is 26.4 Å². The van der Waals surface area contributed by atoms with Gasteiger partial charge in [0, 0.05) is 22.1 Å². The highest BCUT2D eigenvalue weighted by Gasteiger charge is 2.54. The van der Waals surface area contributed by atoms with Crippen molar-refractivity contribution in [2.24, 2.45) is 0 Å². The lowest BCUT2D eigenvalue weighted by Crippen LogP contribution is -2.41. The lowest BCUT2D eigenvalue weighted by atomic mass is 9.77. The molecule has 2 aromatic carbocycles. The highest BCUT2D eigenvalue weighted by atomic mass is 16.7. The summed E-state index contributed by atoms with van der Waals surface area (Å²) in [5, 5.41) is 0. The van der Waals surface area contributed by atoms with Gasteiger partial charge in [-0.3, -0.25) is 0 Å². The zero-order valence-electron chi connectivity index (χ0n) is 45.7. The molecule has 2 saturated heterocycles. The van der Waals surface area contributed by atoms with Gasteiger partial charge in [0.05, 0.1) is 48.8 Å². The minimum Gasteiger partial charge on any atom is -0.494 e. The van der Waals surface area contributed by atoms with E-state index >= 15 is 0 Å². The molecule has 10 heteroatoms. The van der Waals surface area contributed by atoms with E-state index < -0.39 is 36.6 Å². The minimum atomic E-state index is -0.593. The third-order valence-electron chi connectivity index (χ3n) is 14.8. The van der Waals surface area contributed by atoms with Gasteiger partial charge in [-0.1, -0.05) is 168 Å². The lowest BCUT2D eigenvalue weighted by molar-refractivity contribution is 0.00578. The second-order valence-electron chi connectivity index (χ2n) is 21.8. The van der Waals surface area contributed by atoms with Gasteiger partial charge in [0.2, 0.25) is 0 Å². The zero-order chi connectivity index (χ0) is 49.5. The Bertz CT molecular complexity index is 1600. The van der Waals surface area contributed by atoms with E-state index in [1.807, 2.05) is 0 Å². The average molecular weight is 945 g/mol. The first-order chi connectivity index (χ1) is 32.6. The Hall–Kier alpha value is -2.65. The molecule has 4 rings (SSSR count). The molecule has 0 amide bonds. The number of hydrogen-bond acceptors (Lipinski definition) is 8. The van der Waals surface area contributed by atoms with Gasteiger partial charge >= 0.3 is 14.2 Å². The lowest BCUT2D eigenvalue weighted by Gasteiger charge is -2.32. The van der Waals surface area contributed by atoms with Crippen LogP contribution in [0.15, 0.2) is 24.3 Å². The molecule has 0 aliphatic carbocycles. The molecule has 2 aromatic rings. The SMILES string of the molecule is CCCCCCCCOc1cc(B2OC(C)(C)C(C)(C)O2)c(OCCCCCCCC)cc1/C=C/c1cc(OCCCCCCCC)c(B2OC(C)(C)C(C)(C)O2)cc1OCCCCCCCC. The van der Waals surface area contributed by atoms with Crippen molar-refractivity contribution in [3.05, 3.63) is 35.4 Å². The van der Waals surface area contributed by atoms with Crippen LogP contribution in [0.1, 0.15) is 248 Å². The van der Waals surface area contributed by atoms with Crippen LogP contribution in [0.25, 0.3) is 12.2 Å². The van der Waals surface area contributed by atoms with Crippen LogP contribution in [-0.4, -0.2) is 63.1 Å². The third-order valence-corrected chi connectivity index (χ3v) is 14.8. The molecule has 0 aromatic heterocycles. The maximum atomic E-state index is 6.76. The first-order valence-electron chi connectivity index (χ1n) is 27.9. The van der Waals surface area contributed by atoms with Gasteiger partial charge in [-0.25, -0.2) is 0 Å². The van der Waals surface area contributed by atoms with Gasteiger partial charge in [0.15, 0.2) is 0 Å². The molecule has 0 N–H and O–H groups in total. The van der Waals surface area contributed by atoms with E-state index in [-0.39, 0.29) is 0 Å². The van der Waals surface area contributed by atoms with Crippen molar-refractivity contribution >= 4 is 37.3 Å². The summed E-state index contributed by atoms with van der Waals surface area (Å²) in [6.07, 6.45) is 32.9. The van der Waals surface area contributed by atoms with E-state index in [4.69, 9.17) is 37.6 Å². The summed E-state index contributed by atoms with van der Waals surface area (Å²) in [6, 6.07) is 8.50. The van der Waals surface area contributed by atoms with Crippen LogP contribution < -0.4 is 29.9 Å². The van der Waals surface area contributed by atoms with Crippen LogP contribution in [0, 0.1) is 0 Å². The molecule has 0 unspecified atom stereocenters. The fraction of sp³-hybridized carbons (Fsp3) is 0.759. The summed E-state index contributed by atoms with van der Waals surface area (Å²) in [7, 11) is -1.19. The molecule has 2 fully saturated rings. The van der Waals surface area contributed by atoms with Crippen LogP contribution in [0.4, 0.5) is 0 Å². The Morgan fingerprint density at radius 1 is 0.338 bits per heavy atom. The number of rotatable bonds is 36. The van der Waals surface area contributed by atoms with Gasteiger partial charge in [-0.05, 0) is 105 Å². The maximum Gasteiger partial charge on any atom is 0.498 e. The zero-order valence-corrected chi connectivity index (χ0v) is 45.7. The van der Waals surface area contributed by atoms with Crippen molar-refractivity contribution < 1.29 is 37.6 Å². The fourth-order valence-corrected chi connectivity index (χ4v) is 8.69. The molecule has 0 radical (unpaired) electrons. The van der Waals surface area contributed by atoms with Gasteiger partial charge < -0.3 is 37.6 Å². The van der Waals surface area contributed by atoms with Crippen LogP contribution in [0.2, 0.25) is 0 Å². The van der Waals surface area contributed by atoms with Crippen molar-refractivity contribution in [3.8, 4) is 23.0 Å². The Morgan fingerprint density at radius 3 is 0.838 bits per heavy atom. The maximum absolute atomic E-state index is 6.76.